The molecule has 0 aromatic carbocycles. The first-order valence-electron chi connectivity index (χ1n) is 6.37. The number of esters is 1. The molecular weight excluding hydrogens is 280 g/mol. The molecule has 6 N–H and O–H groups in total. The van der Waals surface area contributed by atoms with Gasteiger partial charge < -0.3 is 16.2 Å². The summed E-state index contributed by atoms with van der Waals surface area (Å²) in [6.45, 7) is 3.30. The molecule has 9 nitrogen and oxygen atoms in total. The molecule has 120 valence electrons. The first-order valence-corrected chi connectivity index (χ1v) is 6.37. The highest BCUT2D eigenvalue weighted by Gasteiger charge is 2.26. The minimum Gasteiger partial charge on any atom is -0.468 e. The minimum atomic E-state index is -1.19. The van der Waals surface area contributed by atoms with Gasteiger partial charge in [-0.25, -0.2) is 0 Å². The number of nitrogens with one attached hydrogen (secondary N) is 2. The van der Waals surface area contributed by atoms with Crippen molar-refractivity contribution in [1.29, 1.82) is 0 Å². The summed E-state index contributed by atoms with van der Waals surface area (Å²) in [6, 6.07) is -1.98. The van der Waals surface area contributed by atoms with Crippen LogP contribution in [0.1, 0.15) is 20.3 Å². The lowest BCUT2D eigenvalue weighted by Gasteiger charge is -2.21. The number of rotatable bonds is 8. The summed E-state index contributed by atoms with van der Waals surface area (Å²) in [5, 5.41) is 4.77. The maximum atomic E-state index is 12.0. The van der Waals surface area contributed by atoms with Crippen molar-refractivity contribution in [3.63, 3.8) is 0 Å². The third kappa shape index (κ3) is 7.37. The van der Waals surface area contributed by atoms with Crippen molar-refractivity contribution in [2.24, 2.45) is 17.4 Å². The summed E-state index contributed by atoms with van der Waals surface area (Å²) in [4.78, 5) is 45.3. The highest BCUT2D eigenvalue weighted by atomic mass is 16.5. The van der Waals surface area contributed by atoms with E-state index in [0.29, 0.717) is 0 Å². The second-order valence-corrected chi connectivity index (χ2v) is 4.81. The summed E-state index contributed by atoms with van der Waals surface area (Å²) < 4.78 is 4.45. The molecule has 9 heteroatoms. The molecule has 0 spiro atoms. The lowest BCUT2D eigenvalue weighted by Crippen LogP contribution is -2.54. The van der Waals surface area contributed by atoms with Gasteiger partial charge in [0.05, 0.1) is 32.2 Å². The van der Waals surface area contributed by atoms with Gasteiger partial charge in [-0.3, -0.25) is 29.8 Å². The molecule has 0 aliphatic rings. The molecule has 0 saturated carbocycles. The molecule has 0 radical (unpaired) electrons. The zero-order chi connectivity index (χ0) is 16.6. The number of nitrogens with two attached hydrogens (primary N) is 2. The van der Waals surface area contributed by atoms with Gasteiger partial charge in [0.2, 0.25) is 17.7 Å². The van der Waals surface area contributed by atoms with E-state index in [0.717, 1.165) is 0 Å². The second-order valence-electron chi connectivity index (χ2n) is 4.81. The Morgan fingerprint density at radius 3 is 2.14 bits per heavy atom. The molecule has 0 aromatic rings. The molecular formula is C12H22N4O5. The Kier molecular flexibility index (Phi) is 8.17. The van der Waals surface area contributed by atoms with Gasteiger partial charge in [-0.2, -0.15) is 0 Å². The van der Waals surface area contributed by atoms with Crippen LogP contribution in [0.25, 0.3) is 0 Å². The number of amides is 3. The zero-order valence-electron chi connectivity index (χ0n) is 12.3. The average molecular weight is 302 g/mol. The number of imide groups is 1. The second kappa shape index (κ2) is 9.03. The Labute approximate surface area is 122 Å². The smallest absolute Gasteiger partial charge is 0.319 e. The third-order valence-electron chi connectivity index (χ3n) is 2.65. The lowest BCUT2D eigenvalue weighted by molar-refractivity contribution is -0.140. The Bertz CT molecular complexity index is 410. The van der Waals surface area contributed by atoms with E-state index in [9.17, 15) is 19.2 Å². The third-order valence-corrected chi connectivity index (χ3v) is 2.65. The van der Waals surface area contributed by atoms with E-state index in [1.807, 2.05) is 0 Å². The largest absolute Gasteiger partial charge is 0.468 e. The summed E-state index contributed by atoms with van der Waals surface area (Å²) in [7, 11) is 1.22. The fourth-order valence-corrected chi connectivity index (χ4v) is 1.50. The van der Waals surface area contributed by atoms with Crippen LogP contribution in [0.5, 0.6) is 0 Å². The molecule has 1 unspecified atom stereocenters. The van der Waals surface area contributed by atoms with E-state index >= 15 is 0 Å². The van der Waals surface area contributed by atoms with Crippen molar-refractivity contribution < 1.29 is 23.9 Å². The van der Waals surface area contributed by atoms with Crippen LogP contribution in [-0.4, -0.2) is 49.4 Å². The van der Waals surface area contributed by atoms with E-state index in [-0.39, 0.29) is 18.9 Å². The van der Waals surface area contributed by atoms with Crippen LogP contribution in [0.4, 0.5) is 0 Å². The Morgan fingerprint density at radius 2 is 1.71 bits per heavy atom. The number of hydrogen-bond donors (Lipinski definition) is 4. The van der Waals surface area contributed by atoms with Gasteiger partial charge >= 0.3 is 5.97 Å². The molecule has 0 saturated heterocycles. The molecule has 0 heterocycles. The highest BCUT2D eigenvalue weighted by Crippen LogP contribution is 2.02. The van der Waals surface area contributed by atoms with Crippen LogP contribution in [0, 0.1) is 5.92 Å². The van der Waals surface area contributed by atoms with Crippen molar-refractivity contribution in [2.75, 3.05) is 13.7 Å². The molecule has 0 aliphatic carbocycles. The number of hydrogen-bond acceptors (Lipinski definition) is 7. The fourth-order valence-electron chi connectivity index (χ4n) is 1.50. The first kappa shape index (κ1) is 19.0. The number of ether oxygens (including phenoxy) is 1. The van der Waals surface area contributed by atoms with E-state index in [2.05, 4.69) is 15.4 Å². The van der Waals surface area contributed by atoms with Crippen molar-refractivity contribution in [1.82, 2.24) is 10.6 Å². The monoisotopic (exact) mass is 302 g/mol. The molecule has 2 atom stereocenters. The molecule has 0 aromatic heterocycles. The Hall–Kier alpha value is -2.00. The average Bonchev–Trinajstić information content (AvgIpc) is 2.37. The zero-order valence-corrected chi connectivity index (χ0v) is 12.3. The van der Waals surface area contributed by atoms with Gasteiger partial charge in [0.15, 0.2) is 0 Å². The van der Waals surface area contributed by atoms with Crippen LogP contribution in [0.3, 0.4) is 0 Å². The fraction of sp³-hybridized carbons (Fsp3) is 0.667. The maximum absolute atomic E-state index is 12.0. The standard InChI is InChI=1S/C12H22N4O5/c1-6(2)10(15-5-9(18)21-3)12(20)16-11(19)7(13)4-8(14)17/h6-7,10,15H,4-5,13H2,1-3H3,(H2,14,17)(H,16,19,20)/t7?,10-/m0/s1. The maximum Gasteiger partial charge on any atom is 0.319 e. The van der Waals surface area contributed by atoms with Crippen LogP contribution in [0.15, 0.2) is 0 Å². The van der Waals surface area contributed by atoms with Gasteiger partial charge in [0, 0.05) is 0 Å². The first-order chi connectivity index (χ1) is 9.68. The van der Waals surface area contributed by atoms with E-state index in [1.54, 1.807) is 13.8 Å². The van der Waals surface area contributed by atoms with Gasteiger partial charge in [-0.05, 0) is 5.92 Å². The number of primary amides is 1. The van der Waals surface area contributed by atoms with Crippen LogP contribution < -0.4 is 22.1 Å². The molecule has 0 bridgehead atoms. The van der Waals surface area contributed by atoms with Crippen molar-refractivity contribution in [3.8, 4) is 0 Å². The molecule has 0 fully saturated rings. The van der Waals surface area contributed by atoms with Crippen molar-refractivity contribution in [3.05, 3.63) is 0 Å². The van der Waals surface area contributed by atoms with Gasteiger partial charge in [0.1, 0.15) is 0 Å². The predicted molar refractivity (Wildman–Crippen MR) is 73.6 cm³/mol. The lowest BCUT2D eigenvalue weighted by atomic mass is 10.0. The summed E-state index contributed by atoms with van der Waals surface area (Å²) in [5.41, 5.74) is 10.3. The van der Waals surface area contributed by atoms with E-state index in [1.165, 1.54) is 7.11 Å². The quantitative estimate of drug-likeness (QED) is 0.365. The van der Waals surface area contributed by atoms with Crippen LogP contribution in [0.2, 0.25) is 0 Å². The highest BCUT2D eigenvalue weighted by molar-refractivity contribution is 6.01. The van der Waals surface area contributed by atoms with Gasteiger partial charge in [-0.1, -0.05) is 13.8 Å². The number of methoxy groups -OCH3 is 1. The number of carbonyl (C=O) groups excluding carboxylic acids is 4. The molecule has 0 rings (SSSR count). The molecule has 3 amide bonds. The van der Waals surface area contributed by atoms with Gasteiger partial charge in [0.25, 0.3) is 0 Å². The summed E-state index contributed by atoms with van der Waals surface area (Å²) in [5.74, 6) is -2.91. The van der Waals surface area contributed by atoms with Crippen LogP contribution >= 0.6 is 0 Å². The van der Waals surface area contributed by atoms with Crippen molar-refractivity contribution >= 4 is 23.7 Å². The normalized spacial score (nSPS) is 13.4. The minimum absolute atomic E-state index is 0.172. The summed E-state index contributed by atoms with van der Waals surface area (Å²) in [6.07, 6.45) is -0.360. The number of carbonyl (C=O) groups is 4. The summed E-state index contributed by atoms with van der Waals surface area (Å²) >= 11 is 0. The predicted octanol–water partition coefficient (Wildman–Crippen LogP) is -2.38. The molecule has 21 heavy (non-hydrogen) atoms. The van der Waals surface area contributed by atoms with Crippen LogP contribution in [-0.2, 0) is 23.9 Å². The van der Waals surface area contributed by atoms with Gasteiger partial charge in [-0.15, -0.1) is 0 Å². The Balaban J connectivity index is 4.57. The van der Waals surface area contributed by atoms with E-state index in [4.69, 9.17) is 11.5 Å². The molecule has 0 aliphatic heterocycles. The SMILES string of the molecule is COC(=O)CN[C@H](C(=O)NC(=O)C(N)CC(N)=O)C(C)C. The van der Waals surface area contributed by atoms with E-state index < -0.39 is 35.8 Å². The Morgan fingerprint density at radius 1 is 1.14 bits per heavy atom. The van der Waals surface area contributed by atoms with Crippen molar-refractivity contribution in [2.45, 2.75) is 32.4 Å². The topological polar surface area (TPSA) is 154 Å².